The molecule has 72 valence electrons. The molecule has 0 nitrogen and oxygen atoms in total. The van der Waals surface area contributed by atoms with Crippen molar-refractivity contribution in [3.63, 3.8) is 0 Å². The Kier molecular flexibility index (Phi) is 13.8. The third kappa shape index (κ3) is 9.39. The quantitative estimate of drug-likeness (QED) is 0.281. The fourth-order valence-corrected chi connectivity index (χ4v) is 95.5. The topological polar surface area (TPSA) is 0 Å². The maximum atomic E-state index is 1.71. The Labute approximate surface area is 119 Å². The van der Waals surface area contributed by atoms with Gasteiger partial charge in [-0.25, -0.2) is 0 Å². The molecule has 1 aliphatic rings. The van der Waals surface area contributed by atoms with Gasteiger partial charge >= 0.3 is 122 Å². The molecule has 0 spiro atoms. The molecule has 0 bridgehead atoms. The van der Waals surface area contributed by atoms with E-state index in [2.05, 4.69) is 0 Å². The summed E-state index contributed by atoms with van der Waals surface area (Å²) in [4.78, 5) is 0. The Morgan fingerprint density at radius 1 is 0.333 bits per heavy atom. The van der Waals surface area contributed by atoms with Gasteiger partial charge in [0.2, 0.25) is 0 Å². The first-order valence-corrected chi connectivity index (χ1v) is 30.0. The first-order chi connectivity index (χ1) is 6.00. The first kappa shape index (κ1) is 14.2. The molecule has 0 aliphatic carbocycles. The van der Waals surface area contributed by atoms with Crippen LogP contribution < -0.4 is 0 Å². The van der Waals surface area contributed by atoms with E-state index in [1.165, 1.54) is 0 Å². The second kappa shape index (κ2) is 11.6. The van der Waals surface area contributed by atoms with Gasteiger partial charge in [-0.15, -0.1) is 0 Å². The fraction of sp³-hybridized carbons (Fsp3) is 1.00. The van der Waals surface area contributed by atoms with E-state index >= 15 is 0 Å². The summed E-state index contributed by atoms with van der Waals surface area (Å²) in [5.74, 6) is 0. The molecule has 0 radical (unpaired) electrons. The van der Waals surface area contributed by atoms with Crippen molar-refractivity contribution in [1.82, 2.24) is 0 Å². The molecule has 0 aromatic heterocycles. The van der Waals surface area contributed by atoms with E-state index in [1.807, 2.05) is 0 Å². The predicted molar refractivity (Wildman–Crippen MR) is 65.3 cm³/mol. The van der Waals surface area contributed by atoms with Crippen molar-refractivity contribution in [2.24, 2.45) is 0 Å². The molecule has 1 heterocycles. The van der Waals surface area contributed by atoms with E-state index in [0.717, 1.165) is 105 Å². The first-order valence-electron chi connectivity index (χ1n) is 2.98. The summed E-state index contributed by atoms with van der Waals surface area (Å²) in [5.41, 5.74) is 0. The van der Waals surface area contributed by atoms with Gasteiger partial charge in [-0.05, 0) is 0 Å². The molecule has 0 amide bonds. The molecule has 1 saturated heterocycles. The SMILES string of the molecule is C1[Se][Se]C[Se][Se]C[Se][Se]C[Se][Se]1. The Morgan fingerprint density at radius 3 is 0.667 bits per heavy atom. The van der Waals surface area contributed by atoms with E-state index in [4.69, 9.17) is 0 Å². The maximum absolute atomic E-state index is 1.71. The van der Waals surface area contributed by atoms with Gasteiger partial charge in [0.15, 0.2) is 0 Å². The van der Waals surface area contributed by atoms with Crippen LogP contribution >= 0.6 is 0 Å². The van der Waals surface area contributed by atoms with E-state index in [-0.39, 0.29) is 0 Å². The average Bonchev–Trinajstić information content (AvgIpc) is 2.05. The van der Waals surface area contributed by atoms with E-state index in [0.29, 0.717) is 0 Å². The van der Waals surface area contributed by atoms with Gasteiger partial charge in [-0.1, -0.05) is 0 Å². The molecule has 1 fully saturated rings. The second-order valence-electron chi connectivity index (χ2n) is 1.41. The Morgan fingerprint density at radius 2 is 0.500 bits per heavy atom. The molecule has 8 heteroatoms. The van der Waals surface area contributed by atoms with Crippen LogP contribution in [0.1, 0.15) is 0 Å². The zero-order valence-corrected chi connectivity index (χ0v) is 19.8. The van der Waals surface area contributed by atoms with Crippen LogP contribution in [0.3, 0.4) is 0 Å². The summed E-state index contributed by atoms with van der Waals surface area (Å²) in [7, 11) is 0. The molecule has 1 rings (SSSR count). The van der Waals surface area contributed by atoms with Crippen molar-refractivity contribution in [2.45, 2.75) is 16.9 Å². The van der Waals surface area contributed by atoms with Gasteiger partial charge in [0.25, 0.3) is 0 Å². The Hall–Kier alpha value is 4.16. The zero-order chi connectivity index (χ0) is 8.49. The van der Waals surface area contributed by atoms with Gasteiger partial charge < -0.3 is 0 Å². The summed E-state index contributed by atoms with van der Waals surface area (Å²) in [6.07, 6.45) is 0. The Bertz CT molecular complexity index is 54.0. The minimum absolute atomic E-state index is 1.14. The number of rotatable bonds is 0. The molecule has 0 unspecified atom stereocenters. The van der Waals surface area contributed by atoms with Gasteiger partial charge in [0.1, 0.15) is 0 Å². The molecule has 1 aliphatic heterocycles. The van der Waals surface area contributed by atoms with Gasteiger partial charge in [0, 0.05) is 0 Å². The molecule has 0 saturated carbocycles. The normalized spacial score (nSPS) is 24.0. The molecule has 0 N–H and O–H groups in total. The van der Waals surface area contributed by atoms with E-state index in [9.17, 15) is 0 Å². The second-order valence-corrected chi connectivity index (χ2v) is 38.2. The van der Waals surface area contributed by atoms with Crippen molar-refractivity contribution in [1.29, 1.82) is 0 Å². The number of hydrogen-bond donors (Lipinski definition) is 0. The molecular formula is C4H8Se8. The van der Waals surface area contributed by atoms with Crippen LogP contribution in [0.4, 0.5) is 0 Å². The van der Waals surface area contributed by atoms with Gasteiger partial charge in [-0.2, -0.15) is 0 Å². The van der Waals surface area contributed by atoms with Crippen LogP contribution in [0.15, 0.2) is 0 Å². The van der Waals surface area contributed by atoms with Crippen molar-refractivity contribution < 1.29 is 0 Å². The van der Waals surface area contributed by atoms with Crippen molar-refractivity contribution in [2.75, 3.05) is 0 Å². The van der Waals surface area contributed by atoms with Gasteiger partial charge in [0.05, 0.1) is 0 Å². The van der Waals surface area contributed by atoms with Crippen LogP contribution in [0.25, 0.3) is 0 Å². The van der Waals surface area contributed by atoms with Crippen LogP contribution in [-0.4, -0.2) is 105 Å². The van der Waals surface area contributed by atoms with Crippen LogP contribution in [0.2, 0.25) is 16.9 Å². The van der Waals surface area contributed by atoms with Crippen molar-refractivity contribution >= 4 is 105 Å². The third-order valence-corrected chi connectivity index (χ3v) is 63.0. The van der Waals surface area contributed by atoms with Crippen LogP contribution in [0, 0.1) is 0 Å². The van der Waals surface area contributed by atoms with Crippen LogP contribution in [0.5, 0.6) is 0 Å². The van der Waals surface area contributed by atoms with E-state index < -0.39 is 0 Å². The summed E-state index contributed by atoms with van der Waals surface area (Å²) in [6.45, 7) is 0. The van der Waals surface area contributed by atoms with Crippen molar-refractivity contribution in [3.8, 4) is 0 Å². The number of hydrogen-bond acceptors (Lipinski definition) is 0. The Balaban J connectivity index is 2.00. The standard InChI is InChI=1S/C4H8Se8/c1-5-7-2-9-11-4-12-10-3-8-6-1/h1-4H2. The summed E-state index contributed by atoms with van der Waals surface area (Å²) in [5, 5.41) is 0. The minimum atomic E-state index is 1.14. The van der Waals surface area contributed by atoms with Crippen molar-refractivity contribution in [3.05, 3.63) is 0 Å². The molecular weight excluding hydrogens is 680 g/mol. The summed E-state index contributed by atoms with van der Waals surface area (Å²) < 4.78 is 6.86. The van der Waals surface area contributed by atoms with Gasteiger partial charge in [-0.3, -0.25) is 0 Å². The van der Waals surface area contributed by atoms with Crippen LogP contribution in [-0.2, 0) is 0 Å². The monoisotopic (exact) mass is 695 g/mol. The third-order valence-electron chi connectivity index (χ3n) is 0.718. The molecule has 0 aromatic rings. The fourth-order valence-electron chi connectivity index (χ4n) is 0.351. The molecule has 12 heavy (non-hydrogen) atoms. The average molecular weight is 688 g/mol. The summed E-state index contributed by atoms with van der Waals surface area (Å²) in [6, 6.07) is 0. The zero-order valence-electron chi connectivity index (χ0n) is 6.09. The predicted octanol–water partition coefficient (Wildman–Crippen LogP) is -1.20. The molecule has 0 atom stereocenters. The van der Waals surface area contributed by atoms with E-state index in [1.54, 1.807) is 16.9 Å². The summed E-state index contributed by atoms with van der Waals surface area (Å²) >= 11 is 9.14. The molecule has 0 aromatic carbocycles.